The van der Waals surface area contributed by atoms with Crippen LogP contribution in [0, 0.1) is 0 Å². The zero-order valence-corrected chi connectivity index (χ0v) is 23.4. The minimum Gasteiger partial charge on any atom is -0.478 e. The molecule has 8 heteroatoms. The van der Waals surface area contributed by atoms with Gasteiger partial charge in [0.2, 0.25) is 5.91 Å². The largest absolute Gasteiger partial charge is 0.478 e. The van der Waals surface area contributed by atoms with Gasteiger partial charge < -0.3 is 15.7 Å². The van der Waals surface area contributed by atoms with Crippen molar-refractivity contribution in [3.8, 4) is 0 Å². The van der Waals surface area contributed by atoms with E-state index in [9.17, 15) is 19.5 Å². The summed E-state index contributed by atoms with van der Waals surface area (Å²) in [7, 11) is 0. The summed E-state index contributed by atoms with van der Waals surface area (Å²) in [5, 5.41) is 16.1. The minimum atomic E-state index is -1.09. The third kappa shape index (κ3) is 6.25. The van der Waals surface area contributed by atoms with Gasteiger partial charge in [-0.1, -0.05) is 70.5 Å². The zero-order chi connectivity index (χ0) is 28.1. The molecule has 1 unspecified atom stereocenters. The summed E-state index contributed by atoms with van der Waals surface area (Å²) >= 11 is 4.81. The number of benzene rings is 5. The lowest BCUT2D eigenvalue weighted by Crippen LogP contribution is -2.19. The van der Waals surface area contributed by atoms with E-state index in [1.54, 1.807) is 42.5 Å². The van der Waals surface area contributed by atoms with Crippen LogP contribution in [-0.2, 0) is 4.79 Å². The Hall–Kier alpha value is -4.40. The summed E-state index contributed by atoms with van der Waals surface area (Å²) in [6.45, 7) is 0. The number of hydrogen-bond donors (Lipinski definition) is 3. The molecule has 0 fully saturated rings. The molecule has 2 amide bonds. The molecular weight excluding hydrogens is 588 g/mol. The molecule has 0 saturated heterocycles. The molecule has 0 saturated carbocycles. The first kappa shape index (κ1) is 27.2. The molecule has 0 aliphatic heterocycles. The van der Waals surface area contributed by atoms with E-state index < -0.39 is 17.1 Å². The lowest BCUT2D eigenvalue weighted by molar-refractivity contribution is -0.115. The van der Waals surface area contributed by atoms with Crippen molar-refractivity contribution in [2.45, 2.75) is 10.1 Å². The third-order valence-corrected chi connectivity index (χ3v) is 7.99. The molecule has 5 aromatic carbocycles. The first-order valence-corrected chi connectivity index (χ1v) is 14.0. The number of carboxylic acid groups (broad SMARTS) is 1. The van der Waals surface area contributed by atoms with Crippen LogP contribution in [0.3, 0.4) is 0 Å². The maximum Gasteiger partial charge on any atom is 0.336 e. The number of anilines is 2. The van der Waals surface area contributed by atoms with E-state index in [2.05, 4.69) is 26.6 Å². The second-order valence-electron chi connectivity index (χ2n) is 8.90. The van der Waals surface area contributed by atoms with Crippen LogP contribution in [0.4, 0.5) is 11.4 Å². The number of carbonyl (C=O) groups excluding carboxylic acids is 2. The van der Waals surface area contributed by atoms with Gasteiger partial charge in [0.05, 0.1) is 5.56 Å². The van der Waals surface area contributed by atoms with Crippen LogP contribution in [0.5, 0.6) is 0 Å². The summed E-state index contributed by atoms with van der Waals surface area (Å²) in [4.78, 5) is 39.1. The molecule has 5 rings (SSSR count). The summed E-state index contributed by atoms with van der Waals surface area (Å²) in [5.41, 5.74) is 2.47. The first-order valence-electron chi connectivity index (χ1n) is 12.3. The van der Waals surface area contributed by atoms with Crippen molar-refractivity contribution in [3.05, 3.63) is 136 Å². The molecule has 0 bridgehead atoms. The van der Waals surface area contributed by atoms with Crippen LogP contribution in [-0.4, -0.2) is 22.9 Å². The highest BCUT2D eigenvalue weighted by Gasteiger charge is 2.22. The molecule has 3 N–H and O–H groups in total. The SMILES string of the molecule is O=C(O)c1cccc2cccc(C(=O)Nc3ccc(SC(C(=O)Nc4ccc(Br)cc4)c4ccccc4)cc3)c12. The van der Waals surface area contributed by atoms with Crippen molar-refractivity contribution < 1.29 is 19.5 Å². The number of aromatic carboxylic acids is 1. The highest BCUT2D eigenvalue weighted by atomic mass is 79.9. The number of rotatable bonds is 8. The molecule has 0 radical (unpaired) electrons. The molecule has 0 aromatic heterocycles. The molecule has 5 aromatic rings. The number of thioether (sulfide) groups is 1. The van der Waals surface area contributed by atoms with Crippen molar-refractivity contribution in [3.63, 3.8) is 0 Å². The molecule has 0 aliphatic rings. The standard InChI is InChI=1S/C32H23BrN2O4S/c33-22-12-14-23(15-13-22)35-31(37)29(21-6-2-1-3-7-21)40-25-18-16-24(17-19-25)34-30(36)26-10-4-8-20-9-5-11-27(28(20)26)32(38)39/h1-19,29H,(H,34,36)(H,35,37)(H,38,39). The first-order chi connectivity index (χ1) is 19.4. The summed E-state index contributed by atoms with van der Waals surface area (Å²) in [6.07, 6.45) is 0. The fourth-order valence-electron chi connectivity index (χ4n) is 4.30. The Bertz CT molecular complexity index is 1690. The molecule has 1 atom stereocenters. The Kier molecular flexibility index (Phi) is 8.28. The van der Waals surface area contributed by atoms with Gasteiger partial charge in [-0.3, -0.25) is 9.59 Å². The molecule has 198 valence electrons. The number of carbonyl (C=O) groups is 3. The monoisotopic (exact) mass is 610 g/mol. The average Bonchev–Trinajstić information content (AvgIpc) is 2.97. The summed E-state index contributed by atoms with van der Waals surface area (Å²) in [5.74, 6) is -1.65. The number of hydrogen-bond acceptors (Lipinski definition) is 4. The molecule has 6 nitrogen and oxygen atoms in total. The second kappa shape index (κ2) is 12.2. The predicted octanol–water partition coefficient (Wildman–Crippen LogP) is 8.02. The van der Waals surface area contributed by atoms with E-state index in [4.69, 9.17) is 0 Å². The van der Waals surface area contributed by atoms with Crippen LogP contribution in [0.1, 0.15) is 31.5 Å². The van der Waals surface area contributed by atoms with Gasteiger partial charge in [0.25, 0.3) is 5.91 Å². The third-order valence-electron chi connectivity index (χ3n) is 6.20. The quantitative estimate of drug-likeness (QED) is 0.155. The van der Waals surface area contributed by atoms with Gasteiger partial charge in [-0.05, 0) is 71.6 Å². The van der Waals surface area contributed by atoms with Gasteiger partial charge in [0.1, 0.15) is 5.25 Å². The second-order valence-corrected chi connectivity index (χ2v) is 11.0. The van der Waals surface area contributed by atoms with Crippen molar-refractivity contribution in [2.24, 2.45) is 0 Å². The zero-order valence-electron chi connectivity index (χ0n) is 21.0. The predicted molar refractivity (Wildman–Crippen MR) is 163 cm³/mol. The number of nitrogens with one attached hydrogen (secondary N) is 2. The number of halogens is 1. The molecule has 0 heterocycles. The Morgan fingerprint density at radius 2 is 1.27 bits per heavy atom. The fourth-order valence-corrected chi connectivity index (χ4v) is 5.59. The molecule has 0 spiro atoms. The van der Waals surface area contributed by atoms with Crippen LogP contribution < -0.4 is 10.6 Å². The van der Waals surface area contributed by atoms with Crippen molar-refractivity contribution in [2.75, 3.05) is 10.6 Å². The molecule has 40 heavy (non-hydrogen) atoms. The maximum absolute atomic E-state index is 13.3. The van der Waals surface area contributed by atoms with Gasteiger partial charge in [-0.2, -0.15) is 0 Å². The number of carboxylic acids is 1. The number of fused-ring (bicyclic) bond motifs is 1. The van der Waals surface area contributed by atoms with Gasteiger partial charge in [0, 0.05) is 31.7 Å². The van der Waals surface area contributed by atoms with Crippen molar-refractivity contribution in [1.82, 2.24) is 0 Å². The maximum atomic E-state index is 13.3. The molecule has 0 aliphatic carbocycles. The van der Waals surface area contributed by atoms with Crippen molar-refractivity contribution >= 4 is 67.6 Å². The van der Waals surface area contributed by atoms with Crippen molar-refractivity contribution in [1.29, 1.82) is 0 Å². The fraction of sp³-hybridized carbons (Fsp3) is 0.0312. The lowest BCUT2D eigenvalue weighted by Gasteiger charge is -2.17. The average molecular weight is 612 g/mol. The summed E-state index contributed by atoms with van der Waals surface area (Å²) in [6, 6.07) is 34.2. The smallest absolute Gasteiger partial charge is 0.336 e. The Morgan fingerprint density at radius 1 is 0.675 bits per heavy atom. The van der Waals surface area contributed by atoms with E-state index in [1.807, 2.05) is 66.7 Å². The van der Waals surface area contributed by atoms with Crippen LogP contribution in [0.2, 0.25) is 0 Å². The Labute approximate surface area is 243 Å². The lowest BCUT2D eigenvalue weighted by atomic mass is 9.98. The Morgan fingerprint density at radius 3 is 1.93 bits per heavy atom. The van der Waals surface area contributed by atoms with Gasteiger partial charge in [-0.15, -0.1) is 11.8 Å². The number of amides is 2. The van der Waals surface area contributed by atoms with Gasteiger partial charge in [0.15, 0.2) is 0 Å². The van der Waals surface area contributed by atoms with E-state index in [0.717, 1.165) is 14.9 Å². The van der Waals surface area contributed by atoms with Crippen LogP contribution >= 0.6 is 27.7 Å². The topological polar surface area (TPSA) is 95.5 Å². The highest BCUT2D eigenvalue weighted by Crippen LogP contribution is 2.37. The van der Waals surface area contributed by atoms with E-state index >= 15 is 0 Å². The molecular formula is C32H23BrN2O4S. The normalized spacial score (nSPS) is 11.5. The van der Waals surface area contributed by atoms with Crippen LogP contribution in [0.25, 0.3) is 10.8 Å². The van der Waals surface area contributed by atoms with Gasteiger partial charge in [-0.25, -0.2) is 4.79 Å². The van der Waals surface area contributed by atoms with E-state index in [0.29, 0.717) is 22.1 Å². The van der Waals surface area contributed by atoms with E-state index in [-0.39, 0.29) is 17.0 Å². The summed E-state index contributed by atoms with van der Waals surface area (Å²) < 4.78 is 0.925. The van der Waals surface area contributed by atoms with Gasteiger partial charge >= 0.3 is 5.97 Å². The highest BCUT2D eigenvalue weighted by molar-refractivity contribution is 9.10. The Balaban J connectivity index is 1.34. The van der Waals surface area contributed by atoms with E-state index in [1.165, 1.54) is 17.8 Å². The van der Waals surface area contributed by atoms with Crippen LogP contribution in [0.15, 0.2) is 125 Å². The minimum absolute atomic E-state index is 0.0726.